The second-order valence-electron chi connectivity index (χ2n) is 5.47. The summed E-state index contributed by atoms with van der Waals surface area (Å²) in [5.74, 6) is 0.567. The number of nitrogens with zero attached hydrogens (tertiary/aromatic N) is 4. The van der Waals surface area contributed by atoms with E-state index in [9.17, 15) is 0 Å². The van der Waals surface area contributed by atoms with Gasteiger partial charge < -0.3 is 5.73 Å². The van der Waals surface area contributed by atoms with Gasteiger partial charge >= 0.3 is 0 Å². The molecule has 0 fully saturated rings. The fourth-order valence-corrected chi connectivity index (χ4v) is 2.26. The maximum Gasteiger partial charge on any atom is 0.203 e. The third kappa shape index (κ3) is 1.79. The van der Waals surface area contributed by atoms with Crippen LogP contribution in [-0.4, -0.2) is 19.3 Å². The molecule has 2 rings (SSSR count). The topological polar surface area (TPSA) is 61.7 Å². The molecule has 0 amide bonds. The first-order chi connectivity index (χ1) is 7.86. The number of nitrogens with two attached hydrogens (primary N) is 1. The third-order valence-electron chi connectivity index (χ3n) is 2.89. The summed E-state index contributed by atoms with van der Waals surface area (Å²) in [6.07, 6.45) is 2.01. The number of hydrogen-bond donors (Lipinski definition) is 1. The van der Waals surface area contributed by atoms with E-state index in [1.807, 2.05) is 11.7 Å². The molecule has 0 saturated heterocycles. The number of aryl methyl sites for hydroxylation is 2. The van der Waals surface area contributed by atoms with Gasteiger partial charge in [0, 0.05) is 12.6 Å². The standard InChI is InChI=1S/C12H21N5/c1-6-7-8-9-10(16(5)15-8)17(11(13)14-9)12(2,3)4/h6-7H2,1-5H3,(H2,13,14). The van der Waals surface area contributed by atoms with Crippen molar-refractivity contribution >= 4 is 17.1 Å². The number of rotatable bonds is 2. The number of nitrogen functional groups attached to an aromatic ring is 1. The lowest BCUT2D eigenvalue weighted by molar-refractivity contribution is 0.407. The molecule has 2 N–H and O–H groups in total. The summed E-state index contributed by atoms with van der Waals surface area (Å²) in [7, 11) is 1.95. The Kier molecular flexibility index (Phi) is 2.64. The number of anilines is 1. The van der Waals surface area contributed by atoms with E-state index >= 15 is 0 Å². The van der Waals surface area contributed by atoms with Crippen LogP contribution in [0.3, 0.4) is 0 Å². The van der Waals surface area contributed by atoms with Gasteiger partial charge in [-0.2, -0.15) is 5.10 Å². The van der Waals surface area contributed by atoms with Crippen LogP contribution in [0.2, 0.25) is 0 Å². The van der Waals surface area contributed by atoms with Crippen LogP contribution in [0.25, 0.3) is 11.2 Å². The molecule has 0 atom stereocenters. The molecule has 0 radical (unpaired) electrons. The van der Waals surface area contributed by atoms with Crippen molar-refractivity contribution in [3.05, 3.63) is 5.69 Å². The molecule has 0 spiro atoms. The van der Waals surface area contributed by atoms with Gasteiger partial charge in [-0.25, -0.2) is 4.98 Å². The van der Waals surface area contributed by atoms with Gasteiger partial charge in [-0.05, 0) is 27.2 Å². The predicted molar refractivity (Wildman–Crippen MR) is 69.9 cm³/mol. The Bertz CT molecular complexity index is 541. The van der Waals surface area contributed by atoms with Crippen molar-refractivity contribution in [1.82, 2.24) is 19.3 Å². The van der Waals surface area contributed by atoms with Gasteiger partial charge in [0.1, 0.15) is 5.52 Å². The third-order valence-corrected chi connectivity index (χ3v) is 2.89. The van der Waals surface area contributed by atoms with Crippen LogP contribution in [0, 0.1) is 0 Å². The average Bonchev–Trinajstić information content (AvgIpc) is 2.65. The van der Waals surface area contributed by atoms with Crippen LogP contribution in [0.1, 0.15) is 39.8 Å². The fraction of sp³-hybridized carbons (Fsp3) is 0.667. The zero-order valence-electron chi connectivity index (χ0n) is 11.3. The van der Waals surface area contributed by atoms with Gasteiger partial charge in [0.25, 0.3) is 0 Å². The lowest BCUT2D eigenvalue weighted by atomic mass is 10.1. The Morgan fingerprint density at radius 2 is 1.94 bits per heavy atom. The molecular formula is C12H21N5. The molecule has 0 aromatic carbocycles. The van der Waals surface area contributed by atoms with Gasteiger partial charge in [0.05, 0.1) is 5.69 Å². The second-order valence-corrected chi connectivity index (χ2v) is 5.47. The lowest BCUT2D eigenvalue weighted by Gasteiger charge is -2.22. The van der Waals surface area contributed by atoms with Crippen molar-refractivity contribution in [1.29, 1.82) is 0 Å². The van der Waals surface area contributed by atoms with Crippen molar-refractivity contribution in [3.63, 3.8) is 0 Å². The van der Waals surface area contributed by atoms with Gasteiger partial charge in [-0.1, -0.05) is 13.3 Å². The minimum Gasteiger partial charge on any atom is -0.369 e. The second kappa shape index (κ2) is 3.75. The highest BCUT2D eigenvalue weighted by Crippen LogP contribution is 2.28. The molecule has 2 aromatic rings. The summed E-state index contributed by atoms with van der Waals surface area (Å²) < 4.78 is 3.93. The molecular weight excluding hydrogens is 214 g/mol. The molecule has 94 valence electrons. The van der Waals surface area contributed by atoms with E-state index in [0.29, 0.717) is 5.95 Å². The van der Waals surface area contributed by atoms with Crippen LogP contribution < -0.4 is 5.73 Å². The molecule has 17 heavy (non-hydrogen) atoms. The first kappa shape index (κ1) is 12.0. The summed E-state index contributed by atoms with van der Waals surface area (Å²) in [5, 5.41) is 4.53. The van der Waals surface area contributed by atoms with E-state index in [-0.39, 0.29) is 5.54 Å². The Morgan fingerprint density at radius 1 is 1.29 bits per heavy atom. The van der Waals surface area contributed by atoms with Crippen LogP contribution in [0.5, 0.6) is 0 Å². The predicted octanol–water partition coefficient (Wildman–Crippen LogP) is 2.06. The Hall–Kier alpha value is -1.52. The van der Waals surface area contributed by atoms with Crippen molar-refractivity contribution in [2.75, 3.05) is 5.73 Å². The number of aromatic nitrogens is 4. The largest absolute Gasteiger partial charge is 0.369 e. The quantitative estimate of drug-likeness (QED) is 0.866. The Morgan fingerprint density at radius 3 is 2.47 bits per heavy atom. The number of imidazole rings is 1. The van der Waals surface area contributed by atoms with Crippen molar-refractivity contribution in [3.8, 4) is 0 Å². The maximum atomic E-state index is 6.03. The van der Waals surface area contributed by atoms with Crippen molar-refractivity contribution in [2.45, 2.75) is 46.1 Å². The molecule has 0 aliphatic carbocycles. The van der Waals surface area contributed by atoms with Gasteiger partial charge in [-0.15, -0.1) is 0 Å². The normalized spacial score (nSPS) is 12.5. The van der Waals surface area contributed by atoms with Crippen molar-refractivity contribution < 1.29 is 0 Å². The molecule has 2 aromatic heterocycles. The molecule has 5 nitrogen and oxygen atoms in total. The van der Waals surface area contributed by atoms with Crippen molar-refractivity contribution in [2.24, 2.45) is 7.05 Å². The van der Waals surface area contributed by atoms with E-state index < -0.39 is 0 Å². The van der Waals surface area contributed by atoms with Crippen LogP contribution >= 0.6 is 0 Å². The average molecular weight is 235 g/mol. The Labute approximate surface area is 102 Å². The zero-order valence-corrected chi connectivity index (χ0v) is 11.3. The van der Waals surface area contributed by atoms with E-state index in [1.54, 1.807) is 0 Å². The highest BCUT2D eigenvalue weighted by Gasteiger charge is 2.24. The van der Waals surface area contributed by atoms with Crippen LogP contribution in [0.15, 0.2) is 0 Å². The summed E-state index contributed by atoms with van der Waals surface area (Å²) in [6.45, 7) is 8.51. The van der Waals surface area contributed by atoms with Gasteiger partial charge in [-0.3, -0.25) is 9.25 Å². The van der Waals surface area contributed by atoms with E-state index in [0.717, 1.165) is 29.7 Å². The zero-order chi connectivity index (χ0) is 12.8. The summed E-state index contributed by atoms with van der Waals surface area (Å²) >= 11 is 0. The number of hydrogen-bond acceptors (Lipinski definition) is 3. The molecule has 2 heterocycles. The fourth-order valence-electron chi connectivity index (χ4n) is 2.26. The number of fused-ring (bicyclic) bond motifs is 1. The van der Waals surface area contributed by atoms with E-state index in [1.165, 1.54) is 0 Å². The smallest absolute Gasteiger partial charge is 0.203 e. The van der Waals surface area contributed by atoms with E-state index in [2.05, 4.69) is 42.3 Å². The summed E-state index contributed by atoms with van der Waals surface area (Å²) in [4.78, 5) is 4.48. The molecule has 0 saturated carbocycles. The lowest BCUT2D eigenvalue weighted by Crippen LogP contribution is -2.24. The first-order valence-corrected chi connectivity index (χ1v) is 6.06. The van der Waals surface area contributed by atoms with E-state index in [4.69, 9.17) is 5.73 Å². The molecule has 5 heteroatoms. The molecule has 0 aliphatic heterocycles. The highest BCUT2D eigenvalue weighted by molar-refractivity contribution is 5.78. The minimum atomic E-state index is -0.0872. The first-order valence-electron chi connectivity index (χ1n) is 6.06. The van der Waals surface area contributed by atoms with Crippen LogP contribution in [-0.2, 0) is 19.0 Å². The minimum absolute atomic E-state index is 0.0872. The van der Waals surface area contributed by atoms with Crippen LogP contribution in [0.4, 0.5) is 5.95 Å². The summed E-state index contributed by atoms with van der Waals surface area (Å²) in [5.41, 5.74) is 8.94. The summed E-state index contributed by atoms with van der Waals surface area (Å²) in [6, 6.07) is 0. The molecule has 0 unspecified atom stereocenters. The van der Waals surface area contributed by atoms with Gasteiger partial charge in [0.15, 0.2) is 5.65 Å². The monoisotopic (exact) mass is 235 g/mol. The SMILES string of the molecule is CCCc1nn(C)c2c1nc(N)n2C(C)(C)C. The molecule has 0 bridgehead atoms. The highest BCUT2D eigenvalue weighted by atomic mass is 15.4. The Balaban J connectivity index is 2.74. The van der Waals surface area contributed by atoms with Gasteiger partial charge in [0.2, 0.25) is 5.95 Å². The maximum absolute atomic E-state index is 6.03. The molecule has 0 aliphatic rings.